The Morgan fingerprint density at radius 2 is 1.52 bits per heavy atom. The van der Waals surface area contributed by atoms with E-state index in [1.54, 1.807) is 0 Å². The minimum atomic E-state index is -3.56. The first-order valence-electron chi connectivity index (χ1n) is 7.94. The number of carbonyl (C=O) groups is 1. The minimum Gasteiger partial charge on any atom is -0.481 e. The molecule has 1 aliphatic heterocycles. The highest BCUT2D eigenvalue weighted by molar-refractivity contribution is 7.87. The minimum absolute atomic E-state index is 0.0150. The Balaban J connectivity index is 2.00. The molecule has 7 heteroatoms. The first-order valence-corrected chi connectivity index (χ1v) is 9.38. The average molecular weight is 318 g/mol. The molecule has 0 atom stereocenters. The van der Waals surface area contributed by atoms with Gasteiger partial charge in [-0.05, 0) is 25.7 Å². The summed E-state index contributed by atoms with van der Waals surface area (Å²) in [5.41, 5.74) is -0.919. The van der Waals surface area contributed by atoms with E-state index >= 15 is 0 Å². The number of rotatable bonds is 5. The van der Waals surface area contributed by atoms with Crippen LogP contribution in [-0.2, 0) is 15.0 Å². The maximum Gasteiger partial charge on any atom is 0.310 e. The molecular weight excluding hydrogens is 292 g/mol. The number of aliphatic carboxylic acids is 1. The van der Waals surface area contributed by atoms with E-state index in [9.17, 15) is 18.3 Å². The Kier molecular flexibility index (Phi) is 5.62. The monoisotopic (exact) mass is 318 g/mol. The molecule has 0 aromatic heterocycles. The molecule has 0 aromatic rings. The van der Waals surface area contributed by atoms with Gasteiger partial charge in [-0.1, -0.05) is 32.1 Å². The first kappa shape index (κ1) is 16.7. The van der Waals surface area contributed by atoms with Crippen LogP contribution < -0.4 is 4.72 Å². The molecule has 122 valence electrons. The number of carboxylic acid groups (broad SMARTS) is 1. The molecule has 2 N–H and O–H groups in total. The molecule has 0 aromatic carbocycles. The lowest BCUT2D eigenvalue weighted by Gasteiger charge is -2.33. The van der Waals surface area contributed by atoms with Crippen LogP contribution in [-0.4, -0.2) is 43.4 Å². The Morgan fingerprint density at radius 1 is 1.00 bits per heavy atom. The zero-order valence-electron chi connectivity index (χ0n) is 12.5. The Bertz CT molecular complexity index is 450. The van der Waals surface area contributed by atoms with Crippen molar-refractivity contribution < 1.29 is 18.3 Å². The van der Waals surface area contributed by atoms with Crippen molar-refractivity contribution in [2.75, 3.05) is 19.6 Å². The summed E-state index contributed by atoms with van der Waals surface area (Å²) in [6, 6.07) is 0. The van der Waals surface area contributed by atoms with Gasteiger partial charge in [0.1, 0.15) is 0 Å². The third-order valence-electron chi connectivity index (χ3n) is 4.76. The van der Waals surface area contributed by atoms with Gasteiger partial charge >= 0.3 is 5.97 Å². The molecule has 0 spiro atoms. The van der Waals surface area contributed by atoms with Crippen LogP contribution in [0.15, 0.2) is 0 Å². The van der Waals surface area contributed by atoms with Crippen molar-refractivity contribution >= 4 is 16.2 Å². The van der Waals surface area contributed by atoms with E-state index in [1.807, 2.05) is 0 Å². The van der Waals surface area contributed by atoms with Crippen LogP contribution in [0.25, 0.3) is 0 Å². The van der Waals surface area contributed by atoms with E-state index in [1.165, 1.54) is 4.31 Å². The van der Waals surface area contributed by atoms with E-state index in [4.69, 9.17) is 0 Å². The second kappa shape index (κ2) is 7.07. The lowest BCUT2D eigenvalue weighted by atomic mass is 9.74. The van der Waals surface area contributed by atoms with Crippen LogP contribution in [0.1, 0.15) is 57.8 Å². The van der Waals surface area contributed by atoms with Crippen LogP contribution in [0.4, 0.5) is 0 Å². The number of nitrogens with zero attached hydrogens (tertiary/aromatic N) is 1. The summed E-state index contributed by atoms with van der Waals surface area (Å²) in [6.07, 6.45) is 7.76. The molecule has 2 rings (SSSR count). The molecule has 0 bridgehead atoms. The zero-order valence-corrected chi connectivity index (χ0v) is 13.3. The molecule has 2 aliphatic rings. The summed E-state index contributed by atoms with van der Waals surface area (Å²) >= 11 is 0. The van der Waals surface area contributed by atoms with Crippen molar-refractivity contribution in [2.24, 2.45) is 5.41 Å². The molecule has 6 nitrogen and oxygen atoms in total. The molecule has 21 heavy (non-hydrogen) atoms. The third kappa shape index (κ3) is 4.17. The molecule has 1 saturated carbocycles. The van der Waals surface area contributed by atoms with E-state index in [0.29, 0.717) is 25.9 Å². The standard InChI is InChI=1S/C14H26N2O4S/c17-13(18)14(8-4-3-5-9-14)12-15-21(19,20)16-10-6-1-2-7-11-16/h15H,1-12H2,(H,17,18). The van der Waals surface area contributed by atoms with Gasteiger partial charge in [0.15, 0.2) is 0 Å². The summed E-state index contributed by atoms with van der Waals surface area (Å²) in [5.74, 6) is -0.874. The fourth-order valence-electron chi connectivity index (χ4n) is 3.30. The number of hydrogen-bond acceptors (Lipinski definition) is 3. The highest BCUT2D eigenvalue weighted by Crippen LogP contribution is 2.36. The van der Waals surface area contributed by atoms with Gasteiger partial charge in [-0.3, -0.25) is 4.79 Å². The first-order chi connectivity index (χ1) is 9.96. The van der Waals surface area contributed by atoms with E-state index in [-0.39, 0.29) is 6.54 Å². The molecule has 0 amide bonds. The van der Waals surface area contributed by atoms with Gasteiger partial charge in [-0.2, -0.15) is 12.7 Å². The normalized spacial score (nSPS) is 24.4. The maximum atomic E-state index is 12.4. The summed E-state index contributed by atoms with van der Waals surface area (Å²) < 4.78 is 28.8. The van der Waals surface area contributed by atoms with E-state index < -0.39 is 21.6 Å². The molecule has 1 aliphatic carbocycles. The van der Waals surface area contributed by atoms with Crippen LogP contribution in [0, 0.1) is 5.41 Å². The Hall–Kier alpha value is -0.660. The van der Waals surface area contributed by atoms with Gasteiger partial charge in [0.25, 0.3) is 10.2 Å². The molecular formula is C14H26N2O4S. The third-order valence-corrected chi connectivity index (χ3v) is 6.32. The van der Waals surface area contributed by atoms with Crippen molar-refractivity contribution in [2.45, 2.75) is 57.8 Å². The number of hydrogen-bond donors (Lipinski definition) is 2. The van der Waals surface area contributed by atoms with Crippen LogP contribution in [0.3, 0.4) is 0 Å². The lowest BCUT2D eigenvalue weighted by molar-refractivity contribution is -0.150. The summed E-state index contributed by atoms with van der Waals surface area (Å²) in [5, 5.41) is 9.49. The van der Waals surface area contributed by atoms with Crippen molar-refractivity contribution in [1.29, 1.82) is 0 Å². The average Bonchev–Trinajstić information content (AvgIpc) is 2.76. The second-order valence-corrected chi connectivity index (χ2v) is 8.04. The topological polar surface area (TPSA) is 86.7 Å². The zero-order chi connectivity index (χ0) is 15.3. The molecule has 2 fully saturated rings. The predicted molar refractivity (Wildman–Crippen MR) is 80.1 cm³/mol. The fraction of sp³-hybridized carbons (Fsp3) is 0.929. The van der Waals surface area contributed by atoms with Gasteiger partial charge in [0.2, 0.25) is 0 Å². The smallest absolute Gasteiger partial charge is 0.310 e. The SMILES string of the molecule is O=C(O)C1(CNS(=O)(=O)N2CCCCCC2)CCCCC1. The molecule has 1 saturated heterocycles. The quantitative estimate of drug-likeness (QED) is 0.808. The van der Waals surface area contributed by atoms with Crippen molar-refractivity contribution in [3.05, 3.63) is 0 Å². The van der Waals surface area contributed by atoms with Crippen molar-refractivity contribution in [1.82, 2.24) is 9.03 Å². The van der Waals surface area contributed by atoms with E-state index in [0.717, 1.165) is 44.9 Å². The fourth-order valence-corrected chi connectivity index (χ4v) is 4.68. The van der Waals surface area contributed by atoms with Gasteiger partial charge in [0.05, 0.1) is 5.41 Å². The Labute approximate surface area is 127 Å². The second-order valence-electron chi connectivity index (χ2n) is 6.29. The van der Waals surface area contributed by atoms with Crippen LogP contribution >= 0.6 is 0 Å². The maximum absolute atomic E-state index is 12.4. The molecule has 0 radical (unpaired) electrons. The van der Waals surface area contributed by atoms with Crippen molar-refractivity contribution in [3.63, 3.8) is 0 Å². The summed E-state index contributed by atoms with van der Waals surface area (Å²) in [4.78, 5) is 11.6. The lowest BCUT2D eigenvalue weighted by Crippen LogP contribution is -2.48. The van der Waals surface area contributed by atoms with Gasteiger partial charge < -0.3 is 5.11 Å². The summed E-state index contributed by atoms with van der Waals surface area (Å²) in [6.45, 7) is 1.09. The number of nitrogens with one attached hydrogen (secondary N) is 1. The van der Waals surface area contributed by atoms with Crippen LogP contribution in [0.5, 0.6) is 0 Å². The molecule has 0 unspecified atom stereocenters. The Morgan fingerprint density at radius 3 is 2.05 bits per heavy atom. The highest BCUT2D eigenvalue weighted by Gasteiger charge is 2.40. The highest BCUT2D eigenvalue weighted by atomic mass is 32.2. The van der Waals surface area contributed by atoms with Crippen LogP contribution in [0.2, 0.25) is 0 Å². The largest absolute Gasteiger partial charge is 0.481 e. The van der Waals surface area contributed by atoms with Gasteiger partial charge in [0, 0.05) is 19.6 Å². The molecule has 1 heterocycles. The van der Waals surface area contributed by atoms with E-state index in [2.05, 4.69) is 4.72 Å². The summed E-state index contributed by atoms with van der Waals surface area (Å²) in [7, 11) is -3.56. The van der Waals surface area contributed by atoms with Gasteiger partial charge in [-0.25, -0.2) is 4.72 Å². The predicted octanol–water partition coefficient (Wildman–Crippen LogP) is 1.73. The van der Waals surface area contributed by atoms with Gasteiger partial charge in [-0.15, -0.1) is 0 Å². The van der Waals surface area contributed by atoms with Crippen molar-refractivity contribution in [3.8, 4) is 0 Å². The number of carboxylic acids is 1.